The zero-order valence-corrected chi connectivity index (χ0v) is 16.3. The second-order valence-corrected chi connectivity index (χ2v) is 6.98. The van der Waals surface area contributed by atoms with Crippen LogP contribution in [-0.4, -0.2) is 50.5 Å². The van der Waals surface area contributed by atoms with Crippen LogP contribution in [0.25, 0.3) is 0 Å². The van der Waals surface area contributed by atoms with Crippen molar-refractivity contribution in [3.8, 4) is 0 Å². The van der Waals surface area contributed by atoms with Gasteiger partial charge < -0.3 is 20.4 Å². The topological polar surface area (TPSA) is 108 Å². The first kappa shape index (κ1) is 20.1. The van der Waals surface area contributed by atoms with Crippen molar-refractivity contribution < 1.29 is 14.5 Å². The summed E-state index contributed by atoms with van der Waals surface area (Å²) < 4.78 is 0. The van der Waals surface area contributed by atoms with Crippen LogP contribution < -0.4 is 20.4 Å². The van der Waals surface area contributed by atoms with Crippen LogP contribution in [0, 0.1) is 10.1 Å². The van der Waals surface area contributed by atoms with E-state index in [0.29, 0.717) is 25.3 Å². The van der Waals surface area contributed by atoms with Crippen LogP contribution >= 0.6 is 0 Å². The van der Waals surface area contributed by atoms with E-state index in [-0.39, 0.29) is 23.1 Å². The minimum absolute atomic E-state index is 0.00182. The van der Waals surface area contributed by atoms with Gasteiger partial charge in [-0.2, -0.15) is 0 Å². The van der Waals surface area contributed by atoms with Crippen molar-refractivity contribution >= 4 is 28.9 Å². The number of carbonyl (C=O) groups is 2. The van der Waals surface area contributed by atoms with E-state index < -0.39 is 4.92 Å². The summed E-state index contributed by atoms with van der Waals surface area (Å²) in [5.74, 6) is -0.378. The molecule has 0 radical (unpaired) electrons. The number of hydrogen-bond acceptors (Lipinski definition) is 6. The molecule has 0 aliphatic carbocycles. The third-order valence-electron chi connectivity index (χ3n) is 4.71. The molecule has 3 rings (SSSR count). The van der Waals surface area contributed by atoms with Gasteiger partial charge in [-0.1, -0.05) is 12.1 Å². The Hall–Kier alpha value is -3.62. The standard InChI is InChI=1S/C20H23N5O4/c1-23(2)17-8-5-15(11-18(17)25(28)29)20(27)22-12-14-3-6-16(7-4-14)24-10-9-21-19(26)13-24/h3-8,11H,9-10,12-13H2,1-2H3,(H,21,26)(H,22,27). The Labute approximate surface area is 168 Å². The number of nitro benzene ring substituents is 1. The summed E-state index contributed by atoms with van der Waals surface area (Å²) >= 11 is 0. The average Bonchev–Trinajstić information content (AvgIpc) is 2.71. The van der Waals surface area contributed by atoms with Crippen LogP contribution in [-0.2, 0) is 11.3 Å². The summed E-state index contributed by atoms with van der Waals surface area (Å²) in [6.07, 6.45) is 0. The molecule has 2 N–H and O–H groups in total. The van der Waals surface area contributed by atoms with Crippen LogP contribution in [0.15, 0.2) is 42.5 Å². The molecule has 1 fully saturated rings. The van der Waals surface area contributed by atoms with E-state index in [0.717, 1.165) is 17.8 Å². The Balaban J connectivity index is 1.64. The minimum Gasteiger partial charge on any atom is -0.372 e. The maximum atomic E-state index is 12.4. The number of piperazine rings is 1. The Bertz CT molecular complexity index is 927. The summed E-state index contributed by atoms with van der Waals surface area (Å²) in [5.41, 5.74) is 2.40. The Morgan fingerprint density at radius 3 is 2.59 bits per heavy atom. The smallest absolute Gasteiger partial charge is 0.293 e. The lowest BCUT2D eigenvalue weighted by Gasteiger charge is -2.28. The number of nitrogens with zero attached hydrogens (tertiary/aromatic N) is 3. The Morgan fingerprint density at radius 1 is 1.24 bits per heavy atom. The highest BCUT2D eigenvalue weighted by atomic mass is 16.6. The maximum absolute atomic E-state index is 12.4. The van der Waals surface area contributed by atoms with Crippen molar-refractivity contribution in [2.45, 2.75) is 6.54 Å². The summed E-state index contributed by atoms with van der Waals surface area (Å²) in [4.78, 5) is 38.3. The number of carbonyl (C=O) groups excluding carboxylic acids is 2. The predicted molar refractivity (Wildman–Crippen MR) is 110 cm³/mol. The maximum Gasteiger partial charge on any atom is 0.293 e. The normalized spacial score (nSPS) is 13.6. The van der Waals surface area contributed by atoms with Gasteiger partial charge in [-0.25, -0.2) is 0 Å². The van der Waals surface area contributed by atoms with Gasteiger partial charge in [0.1, 0.15) is 5.69 Å². The molecule has 0 bridgehead atoms. The van der Waals surface area contributed by atoms with Gasteiger partial charge in [0.15, 0.2) is 0 Å². The molecule has 1 aliphatic rings. The second kappa shape index (κ2) is 8.59. The molecule has 0 saturated carbocycles. The van der Waals surface area contributed by atoms with Gasteiger partial charge in [0.25, 0.3) is 11.6 Å². The molecule has 1 heterocycles. The largest absolute Gasteiger partial charge is 0.372 e. The third kappa shape index (κ3) is 4.81. The van der Waals surface area contributed by atoms with Crippen molar-refractivity contribution in [3.05, 3.63) is 63.7 Å². The van der Waals surface area contributed by atoms with Gasteiger partial charge in [0, 0.05) is 51.0 Å². The quantitative estimate of drug-likeness (QED) is 0.565. The first-order valence-electron chi connectivity index (χ1n) is 9.19. The molecule has 9 heteroatoms. The molecule has 2 amide bonds. The fourth-order valence-corrected chi connectivity index (χ4v) is 3.16. The van der Waals surface area contributed by atoms with Gasteiger partial charge in [-0.15, -0.1) is 0 Å². The van der Waals surface area contributed by atoms with Crippen molar-refractivity contribution in [1.82, 2.24) is 10.6 Å². The highest BCUT2D eigenvalue weighted by Crippen LogP contribution is 2.27. The van der Waals surface area contributed by atoms with E-state index >= 15 is 0 Å². The Morgan fingerprint density at radius 2 is 1.97 bits per heavy atom. The van der Waals surface area contributed by atoms with E-state index in [2.05, 4.69) is 10.6 Å². The number of anilines is 2. The molecule has 2 aromatic carbocycles. The zero-order valence-electron chi connectivity index (χ0n) is 16.3. The first-order chi connectivity index (χ1) is 13.8. The molecule has 0 aromatic heterocycles. The molecule has 1 saturated heterocycles. The molecule has 9 nitrogen and oxygen atoms in total. The highest BCUT2D eigenvalue weighted by molar-refractivity contribution is 5.95. The number of hydrogen-bond donors (Lipinski definition) is 2. The molecular weight excluding hydrogens is 374 g/mol. The molecule has 2 aromatic rings. The fraction of sp³-hybridized carbons (Fsp3) is 0.300. The number of rotatable bonds is 6. The lowest BCUT2D eigenvalue weighted by atomic mass is 10.1. The molecule has 0 unspecified atom stereocenters. The van der Waals surface area contributed by atoms with Crippen LogP contribution in [0.2, 0.25) is 0 Å². The fourth-order valence-electron chi connectivity index (χ4n) is 3.16. The summed E-state index contributed by atoms with van der Waals surface area (Å²) in [5, 5.41) is 16.9. The van der Waals surface area contributed by atoms with Crippen LogP contribution in [0.1, 0.15) is 15.9 Å². The average molecular weight is 397 g/mol. The monoisotopic (exact) mass is 397 g/mol. The van der Waals surface area contributed by atoms with Crippen LogP contribution in [0.5, 0.6) is 0 Å². The van der Waals surface area contributed by atoms with Gasteiger partial charge in [-0.05, 0) is 29.8 Å². The lowest BCUT2D eigenvalue weighted by molar-refractivity contribution is -0.384. The predicted octanol–water partition coefficient (Wildman–Crippen LogP) is 1.53. The van der Waals surface area contributed by atoms with E-state index in [1.807, 2.05) is 29.2 Å². The summed E-state index contributed by atoms with van der Waals surface area (Å²) in [7, 11) is 3.42. The van der Waals surface area contributed by atoms with Crippen LogP contribution in [0.3, 0.4) is 0 Å². The number of nitro groups is 1. The van der Waals surface area contributed by atoms with Gasteiger partial charge in [0.05, 0.1) is 11.5 Å². The van der Waals surface area contributed by atoms with Crippen molar-refractivity contribution in [2.24, 2.45) is 0 Å². The van der Waals surface area contributed by atoms with Gasteiger partial charge in [0.2, 0.25) is 5.91 Å². The van der Waals surface area contributed by atoms with Gasteiger partial charge in [-0.3, -0.25) is 19.7 Å². The van der Waals surface area contributed by atoms with E-state index in [9.17, 15) is 19.7 Å². The van der Waals surface area contributed by atoms with Crippen molar-refractivity contribution in [1.29, 1.82) is 0 Å². The number of benzene rings is 2. The third-order valence-corrected chi connectivity index (χ3v) is 4.71. The lowest BCUT2D eigenvalue weighted by Crippen LogP contribution is -2.47. The zero-order chi connectivity index (χ0) is 21.0. The summed E-state index contributed by atoms with van der Waals surface area (Å²) in [6.45, 7) is 2.00. The Kier molecular flexibility index (Phi) is 5.96. The van der Waals surface area contributed by atoms with Crippen LogP contribution in [0.4, 0.5) is 17.1 Å². The molecule has 152 valence electrons. The molecule has 0 atom stereocenters. The molecular formula is C20H23N5O4. The number of nitrogens with one attached hydrogen (secondary N) is 2. The first-order valence-corrected chi connectivity index (χ1v) is 9.19. The number of amides is 2. The van der Waals surface area contributed by atoms with Crippen molar-refractivity contribution in [3.63, 3.8) is 0 Å². The minimum atomic E-state index is -0.494. The molecule has 0 spiro atoms. The van der Waals surface area contributed by atoms with Crippen molar-refractivity contribution in [2.75, 3.05) is 43.5 Å². The van der Waals surface area contributed by atoms with E-state index in [1.165, 1.54) is 6.07 Å². The highest BCUT2D eigenvalue weighted by Gasteiger charge is 2.19. The molecule has 29 heavy (non-hydrogen) atoms. The van der Waals surface area contributed by atoms with E-state index in [4.69, 9.17) is 0 Å². The SMILES string of the molecule is CN(C)c1ccc(C(=O)NCc2ccc(N3CCNC(=O)C3)cc2)cc1[N+](=O)[O-]. The second-order valence-electron chi connectivity index (χ2n) is 6.98. The van der Waals surface area contributed by atoms with Gasteiger partial charge >= 0.3 is 0 Å². The molecule has 1 aliphatic heterocycles. The van der Waals surface area contributed by atoms with E-state index in [1.54, 1.807) is 31.1 Å². The summed E-state index contributed by atoms with van der Waals surface area (Å²) in [6, 6.07) is 12.0.